The highest BCUT2D eigenvalue weighted by molar-refractivity contribution is 5.96. The maximum Gasteiger partial charge on any atom is 0.331 e. The number of nitrogens with zero attached hydrogens (tertiary/aromatic N) is 3. The van der Waals surface area contributed by atoms with Crippen molar-refractivity contribution in [2.75, 3.05) is 13.2 Å². The smallest absolute Gasteiger partial charge is 0.331 e. The molecule has 0 N–H and O–H groups in total. The van der Waals surface area contributed by atoms with E-state index in [9.17, 15) is 9.59 Å². The molecule has 0 amide bonds. The molecule has 2 aromatic heterocycles. The van der Waals surface area contributed by atoms with E-state index in [1.165, 1.54) is 11.6 Å². The van der Waals surface area contributed by atoms with Crippen molar-refractivity contribution < 1.29 is 9.47 Å². The second kappa shape index (κ2) is 8.08. The molecule has 33 heavy (non-hydrogen) atoms. The second-order valence-corrected chi connectivity index (χ2v) is 8.44. The van der Waals surface area contributed by atoms with E-state index in [1.54, 1.807) is 11.6 Å². The fourth-order valence-corrected chi connectivity index (χ4v) is 4.83. The molecule has 7 heteroatoms. The molecule has 2 aromatic carbocycles. The number of aromatic nitrogens is 3. The summed E-state index contributed by atoms with van der Waals surface area (Å²) in [5.74, 6) is 0.791. The molecule has 4 aromatic rings. The van der Waals surface area contributed by atoms with Crippen LogP contribution >= 0.6 is 0 Å². The predicted molar refractivity (Wildman–Crippen MR) is 128 cm³/mol. The lowest BCUT2D eigenvalue weighted by Crippen LogP contribution is -2.37. The predicted octanol–water partition coefficient (Wildman–Crippen LogP) is 3.53. The molecule has 5 rings (SSSR count). The number of benzene rings is 2. The molecule has 0 saturated carbocycles. The Morgan fingerprint density at radius 3 is 2.52 bits per heavy atom. The van der Waals surface area contributed by atoms with Gasteiger partial charge in [0.1, 0.15) is 11.9 Å². The Labute approximate surface area is 191 Å². The van der Waals surface area contributed by atoms with E-state index in [-0.39, 0.29) is 11.2 Å². The Bertz CT molecular complexity index is 1470. The molecule has 0 spiro atoms. The van der Waals surface area contributed by atoms with E-state index < -0.39 is 6.10 Å². The molecule has 1 atom stereocenters. The average molecular weight is 446 g/mol. The van der Waals surface area contributed by atoms with Crippen LogP contribution in [0.25, 0.3) is 22.2 Å². The summed E-state index contributed by atoms with van der Waals surface area (Å²) in [4.78, 5) is 26.3. The summed E-state index contributed by atoms with van der Waals surface area (Å²) < 4.78 is 16.7. The molecular weight excluding hydrogens is 418 g/mol. The van der Waals surface area contributed by atoms with Crippen molar-refractivity contribution in [2.45, 2.75) is 26.5 Å². The molecule has 170 valence electrons. The van der Waals surface area contributed by atoms with Gasteiger partial charge in [-0.1, -0.05) is 35.9 Å². The van der Waals surface area contributed by atoms with Crippen molar-refractivity contribution in [1.29, 1.82) is 0 Å². The van der Waals surface area contributed by atoms with E-state index in [1.807, 2.05) is 56.3 Å². The van der Waals surface area contributed by atoms with Crippen molar-refractivity contribution in [3.8, 4) is 17.0 Å². The minimum atomic E-state index is -0.409. The molecule has 1 aliphatic heterocycles. The fraction of sp³-hybridized carbons (Fsp3) is 0.308. The first-order valence-corrected chi connectivity index (χ1v) is 11.2. The van der Waals surface area contributed by atoms with Gasteiger partial charge in [0.15, 0.2) is 0 Å². The van der Waals surface area contributed by atoms with Crippen LogP contribution in [-0.4, -0.2) is 26.9 Å². The van der Waals surface area contributed by atoms with Crippen LogP contribution in [0.3, 0.4) is 0 Å². The third-order valence-electron chi connectivity index (χ3n) is 6.34. The van der Waals surface area contributed by atoms with Gasteiger partial charge in [-0.05, 0) is 43.2 Å². The van der Waals surface area contributed by atoms with Gasteiger partial charge < -0.3 is 14.0 Å². The zero-order valence-electron chi connectivity index (χ0n) is 19.3. The summed E-state index contributed by atoms with van der Waals surface area (Å²) in [6.45, 7) is 5.67. The van der Waals surface area contributed by atoms with Gasteiger partial charge in [0, 0.05) is 20.6 Å². The summed E-state index contributed by atoms with van der Waals surface area (Å²) in [5, 5.41) is 0.543. The minimum absolute atomic E-state index is 0.294. The second-order valence-electron chi connectivity index (χ2n) is 8.44. The number of hydrogen-bond acceptors (Lipinski definition) is 4. The standard InChI is InChI=1S/C26H27N3O4/c1-5-32-19-11-9-17(10-12-19)24-23-22-20(25(30)28(4)26(31)27(22)3)21(29(23)13-14-33-24)18-8-6-7-16(2)15-18/h6-12,15,24H,5,13-14H2,1-4H3/t24-/m1/s1. The summed E-state index contributed by atoms with van der Waals surface area (Å²) in [6, 6.07) is 15.9. The van der Waals surface area contributed by atoms with Crippen LogP contribution in [0.5, 0.6) is 5.75 Å². The highest BCUT2D eigenvalue weighted by Gasteiger charge is 2.33. The highest BCUT2D eigenvalue weighted by Crippen LogP contribution is 2.40. The van der Waals surface area contributed by atoms with Gasteiger partial charge in [-0.3, -0.25) is 13.9 Å². The Kier molecular flexibility index (Phi) is 5.21. The molecule has 0 unspecified atom stereocenters. The largest absolute Gasteiger partial charge is 0.494 e. The van der Waals surface area contributed by atoms with Gasteiger partial charge in [0.25, 0.3) is 5.56 Å². The van der Waals surface area contributed by atoms with Crippen LogP contribution in [0, 0.1) is 6.92 Å². The van der Waals surface area contributed by atoms with Gasteiger partial charge in [-0.15, -0.1) is 0 Å². The van der Waals surface area contributed by atoms with Gasteiger partial charge >= 0.3 is 5.69 Å². The zero-order chi connectivity index (χ0) is 23.3. The lowest BCUT2D eigenvalue weighted by molar-refractivity contribution is 0.0478. The van der Waals surface area contributed by atoms with E-state index in [4.69, 9.17) is 9.47 Å². The average Bonchev–Trinajstić information content (AvgIpc) is 3.18. The van der Waals surface area contributed by atoms with E-state index in [0.717, 1.165) is 33.8 Å². The normalized spacial score (nSPS) is 15.6. The molecule has 0 saturated heterocycles. The molecule has 3 heterocycles. The van der Waals surface area contributed by atoms with Gasteiger partial charge in [0.2, 0.25) is 0 Å². The van der Waals surface area contributed by atoms with Gasteiger partial charge in [0.05, 0.1) is 35.5 Å². The molecule has 0 fully saturated rings. The summed E-state index contributed by atoms with van der Waals surface area (Å²) in [5.41, 5.74) is 4.64. The molecule has 0 bridgehead atoms. The van der Waals surface area contributed by atoms with Crippen LogP contribution < -0.4 is 16.0 Å². The van der Waals surface area contributed by atoms with E-state index >= 15 is 0 Å². The minimum Gasteiger partial charge on any atom is -0.494 e. The molecule has 0 radical (unpaired) electrons. The summed E-state index contributed by atoms with van der Waals surface area (Å²) in [6.07, 6.45) is -0.409. The Hall–Kier alpha value is -3.58. The van der Waals surface area contributed by atoms with Crippen LogP contribution in [-0.2, 0) is 25.4 Å². The SMILES string of the molecule is CCOc1ccc([C@H]2OCCn3c(-c4cccc(C)c4)c4c(=O)n(C)c(=O)n(C)c4c32)cc1. The van der Waals surface area contributed by atoms with Gasteiger partial charge in [-0.2, -0.15) is 0 Å². The summed E-state index contributed by atoms with van der Waals surface area (Å²) >= 11 is 0. The lowest BCUT2D eigenvalue weighted by atomic mass is 10.0. The topological polar surface area (TPSA) is 67.4 Å². The monoisotopic (exact) mass is 445 g/mol. The first-order chi connectivity index (χ1) is 15.9. The van der Waals surface area contributed by atoms with Crippen LogP contribution in [0.2, 0.25) is 0 Å². The van der Waals surface area contributed by atoms with Crippen molar-refractivity contribution in [3.63, 3.8) is 0 Å². The Balaban J connectivity index is 1.85. The number of fused-ring (bicyclic) bond motifs is 3. The molecule has 1 aliphatic rings. The maximum absolute atomic E-state index is 13.4. The summed E-state index contributed by atoms with van der Waals surface area (Å²) in [7, 11) is 3.25. The first kappa shape index (κ1) is 21.3. The molecule has 0 aliphatic carbocycles. The lowest BCUT2D eigenvalue weighted by Gasteiger charge is -2.28. The van der Waals surface area contributed by atoms with Crippen LogP contribution in [0.1, 0.15) is 29.8 Å². The van der Waals surface area contributed by atoms with Crippen molar-refractivity contribution in [3.05, 3.63) is 86.2 Å². The van der Waals surface area contributed by atoms with Crippen molar-refractivity contribution in [1.82, 2.24) is 13.7 Å². The Morgan fingerprint density at radius 1 is 1.06 bits per heavy atom. The zero-order valence-corrected chi connectivity index (χ0v) is 19.3. The van der Waals surface area contributed by atoms with Crippen molar-refractivity contribution in [2.24, 2.45) is 14.1 Å². The first-order valence-electron chi connectivity index (χ1n) is 11.2. The maximum atomic E-state index is 13.4. The molecular formula is C26H27N3O4. The van der Waals surface area contributed by atoms with Crippen LogP contribution in [0.15, 0.2) is 58.1 Å². The number of aryl methyl sites for hydroxylation is 2. The number of hydrogen-bond donors (Lipinski definition) is 0. The number of rotatable bonds is 4. The third kappa shape index (κ3) is 3.31. The Morgan fingerprint density at radius 2 is 1.82 bits per heavy atom. The van der Waals surface area contributed by atoms with Crippen molar-refractivity contribution >= 4 is 10.9 Å². The fourth-order valence-electron chi connectivity index (χ4n) is 4.83. The van der Waals surface area contributed by atoms with Crippen LogP contribution in [0.4, 0.5) is 0 Å². The third-order valence-corrected chi connectivity index (χ3v) is 6.34. The van der Waals surface area contributed by atoms with E-state index in [2.05, 4.69) is 10.6 Å². The quantitative estimate of drug-likeness (QED) is 0.482. The number of ether oxygens (including phenoxy) is 2. The van der Waals surface area contributed by atoms with Gasteiger partial charge in [-0.25, -0.2) is 4.79 Å². The molecule has 7 nitrogen and oxygen atoms in total. The highest BCUT2D eigenvalue weighted by atomic mass is 16.5. The van der Waals surface area contributed by atoms with E-state index in [0.29, 0.717) is 30.7 Å².